The lowest BCUT2D eigenvalue weighted by Crippen LogP contribution is -2.03. The number of H-pyrrole nitrogens is 2. The summed E-state index contributed by atoms with van der Waals surface area (Å²) in [4.78, 5) is 25.7. The minimum Gasteiger partial charge on any atom is -0.478 e. The number of imidazole rings is 1. The van der Waals surface area contributed by atoms with Gasteiger partial charge in [-0.15, -0.1) is 0 Å². The molecule has 0 unspecified atom stereocenters. The number of rotatable bonds is 3. The molecule has 0 aliphatic carbocycles. The van der Waals surface area contributed by atoms with Gasteiger partial charge in [-0.2, -0.15) is 4.98 Å². The highest BCUT2D eigenvalue weighted by molar-refractivity contribution is 5.75. The Morgan fingerprint density at radius 3 is 2.84 bits per heavy atom. The third-order valence-corrected chi connectivity index (χ3v) is 2.64. The molecule has 0 saturated carbocycles. The van der Waals surface area contributed by atoms with Gasteiger partial charge >= 0.3 is 0 Å². The molecule has 0 radical (unpaired) electrons. The fourth-order valence-electron chi connectivity index (χ4n) is 1.82. The zero-order valence-electron chi connectivity index (χ0n) is 10.3. The van der Waals surface area contributed by atoms with Crippen molar-refractivity contribution >= 4 is 11.2 Å². The van der Waals surface area contributed by atoms with Crippen molar-refractivity contribution in [2.24, 2.45) is 0 Å². The molecule has 0 amide bonds. The molecule has 0 bridgehead atoms. The number of aromatic nitrogens is 4. The van der Waals surface area contributed by atoms with Crippen LogP contribution in [0.1, 0.15) is 6.92 Å². The van der Waals surface area contributed by atoms with E-state index in [1.165, 1.54) is 6.07 Å². The quantitative estimate of drug-likeness (QED) is 0.747. The van der Waals surface area contributed by atoms with Gasteiger partial charge in [0.05, 0.1) is 17.8 Å². The highest BCUT2D eigenvalue weighted by atomic mass is 16.5. The Kier molecular flexibility index (Phi) is 2.75. The first kappa shape index (κ1) is 11.5. The van der Waals surface area contributed by atoms with E-state index in [0.717, 1.165) is 5.52 Å². The van der Waals surface area contributed by atoms with Gasteiger partial charge in [-0.3, -0.25) is 4.79 Å². The van der Waals surface area contributed by atoms with Gasteiger partial charge in [0.15, 0.2) is 11.5 Å². The molecule has 0 atom stereocenters. The van der Waals surface area contributed by atoms with Crippen molar-refractivity contribution in [3.8, 4) is 17.4 Å². The van der Waals surface area contributed by atoms with Crippen molar-refractivity contribution in [3.05, 3.63) is 40.7 Å². The number of hydrogen-bond acceptors (Lipinski definition) is 4. The average molecular weight is 256 g/mol. The molecular formula is C13H12N4O2. The Labute approximate surface area is 108 Å². The molecule has 0 aliphatic heterocycles. The Bertz CT molecular complexity index is 775. The van der Waals surface area contributed by atoms with Gasteiger partial charge in [0.25, 0.3) is 0 Å². The Morgan fingerprint density at radius 1 is 1.16 bits per heavy atom. The van der Waals surface area contributed by atoms with Gasteiger partial charge in [0.2, 0.25) is 11.4 Å². The van der Waals surface area contributed by atoms with E-state index in [1.54, 1.807) is 18.2 Å². The smallest absolute Gasteiger partial charge is 0.248 e. The lowest BCUT2D eigenvalue weighted by Gasteiger charge is -1.99. The van der Waals surface area contributed by atoms with Crippen LogP contribution in [0.15, 0.2) is 35.1 Å². The molecule has 3 heterocycles. The number of nitrogens with one attached hydrogen (secondary N) is 2. The number of aromatic amines is 2. The molecule has 2 N–H and O–H groups in total. The molecule has 6 nitrogen and oxygen atoms in total. The van der Waals surface area contributed by atoms with E-state index >= 15 is 0 Å². The Morgan fingerprint density at radius 2 is 2.05 bits per heavy atom. The fraction of sp³-hybridized carbons (Fsp3) is 0.154. The predicted molar refractivity (Wildman–Crippen MR) is 71.1 cm³/mol. The van der Waals surface area contributed by atoms with Crippen LogP contribution in [0.25, 0.3) is 22.7 Å². The molecule has 0 aromatic carbocycles. The first-order chi connectivity index (χ1) is 9.26. The van der Waals surface area contributed by atoms with E-state index < -0.39 is 0 Å². The molecule has 3 rings (SSSR count). The number of hydrogen-bond donors (Lipinski definition) is 2. The average Bonchev–Trinajstić information content (AvgIpc) is 2.82. The lowest BCUT2D eigenvalue weighted by molar-refractivity contribution is 0.328. The van der Waals surface area contributed by atoms with E-state index in [9.17, 15) is 4.79 Å². The van der Waals surface area contributed by atoms with Crippen molar-refractivity contribution in [1.29, 1.82) is 0 Å². The highest BCUT2D eigenvalue weighted by Gasteiger charge is 2.08. The van der Waals surface area contributed by atoms with Crippen LogP contribution in [0.3, 0.4) is 0 Å². The van der Waals surface area contributed by atoms with Crippen LogP contribution < -0.4 is 10.3 Å². The topological polar surface area (TPSA) is 83.7 Å². The van der Waals surface area contributed by atoms with Crippen molar-refractivity contribution in [2.45, 2.75) is 6.92 Å². The Hall–Kier alpha value is -2.63. The molecular weight excluding hydrogens is 244 g/mol. The van der Waals surface area contributed by atoms with Gasteiger partial charge in [-0.05, 0) is 19.1 Å². The molecule has 0 aliphatic rings. The summed E-state index contributed by atoms with van der Waals surface area (Å²) in [5, 5.41) is 0. The monoisotopic (exact) mass is 256 g/mol. The van der Waals surface area contributed by atoms with Crippen LogP contribution in [0.5, 0.6) is 5.88 Å². The van der Waals surface area contributed by atoms with E-state index in [1.807, 2.05) is 13.0 Å². The first-order valence-corrected chi connectivity index (χ1v) is 5.95. The fourth-order valence-corrected chi connectivity index (χ4v) is 1.82. The zero-order valence-corrected chi connectivity index (χ0v) is 10.3. The van der Waals surface area contributed by atoms with Gasteiger partial charge < -0.3 is 14.7 Å². The number of nitrogens with zero attached hydrogens (tertiary/aromatic N) is 2. The van der Waals surface area contributed by atoms with Crippen LogP contribution in [-0.2, 0) is 0 Å². The van der Waals surface area contributed by atoms with Crippen molar-refractivity contribution in [2.75, 3.05) is 6.61 Å². The third kappa shape index (κ3) is 2.20. The molecule has 0 fully saturated rings. The van der Waals surface area contributed by atoms with Gasteiger partial charge in [-0.1, -0.05) is 6.07 Å². The Balaban J connectivity index is 2.08. The maximum atomic E-state index is 11.3. The second-order valence-electron chi connectivity index (χ2n) is 3.97. The van der Waals surface area contributed by atoms with Gasteiger partial charge in [-0.25, -0.2) is 4.98 Å². The molecule has 3 aromatic heterocycles. The van der Waals surface area contributed by atoms with Crippen LogP contribution in [0.4, 0.5) is 0 Å². The normalized spacial score (nSPS) is 10.8. The second kappa shape index (κ2) is 4.56. The largest absolute Gasteiger partial charge is 0.478 e. The van der Waals surface area contributed by atoms with Crippen LogP contribution in [-0.4, -0.2) is 26.5 Å². The maximum Gasteiger partial charge on any atom is 0.248 e. The second-order valence-corrected chi connectivity index (χ2v) is 3.97. The van der Waals surface area contributed by atoms with E-state index in [0.29, 0.717) is 29.7 Å². The summed E-state index contributed by atoms with van der Waals surface area (Å²) in [6.45, 7) is 2.46. The van der Waals surface area contributed by atoms with Crippen molar-refractivity contribution in [3.63, 3.8) is 0 Å². The number of ether oxygens (including phenoxy) is 1. The minimum absolute atomic E-state index is 0.166. The maximum absolute atomic E-state index is 11.3. The highest BCUT2D eigenvalue weighted by Crippen LogP contribution is 2.19. The third-order valence-electron chi connectivity index (χ3n) is 2.64. The molecule has 96 valence electrons. The van der Waals surface area contributed by atoms with Gasteiger partial charge in [0, 0.05) is 12.1 Å². The molecule has 3 aromatic rings. The lowest BCUT2D eigenvalue weighted by atomic mass is 10.3. The van der Waals surface area contributed by atoms with E-state index in [-0.39, 0.29) is 5.56 Å². The van der Waals surface area contributed by atoms with E-state index in [2.05, 4.69) is 19.9 Å². The standard InChI is InChI=1S/C13H12N4O2/c1-2-19-11-7-6-9-13(16-11)17-12(15-9)8-4-3-5-10(18)14-8/h3-7H,2H2,1H3,(H,14,18)(H,15,16,17). The van der Waals surface area contributed by atoms with Gasteiger partial charge in [0.1, 0.15) is 0 Å². The summed E-state index contributed by atoms with van der Waals surface area (Å²) in [5.74, 6) is 1.11. The summed E-state index contributed by atoms with van der Waals surface area (Å²) in [6.07, 6.45) is 0. The predicted octanol–water partition coefficient (Wildman–Crippen LogP) is 1.71. The molecule has 19 heavy (non-hydrogen) atoms. The first-order valence-electron chi connectivity index (χ1n) is 5.95. The zero-order chi connectivity index (χ0) is 13.2. The number of fused-ring (bicyclic) bond motifs is 1. The summed E-state index contributed by atoms with van der Waals surface area (Å²) < 4.78 is 5.33. The summed E-state index contributed by atoms with van der Waals surface area (Å²) in [7, 11) is 0. The van der Waals surface area contributed by atoms with Crippen LogP contribution in [0.2, 0.25) is 0 Å². The molecule has 6 heteroatoms. The SMILES string of the molecule is CCOc1ccc2[nH]c(-c3cccc(=O)[nH]3)nc2n1. The van der Waals surface area contributed by atoms with Crippen LogP contribution >= 0.6 is 0 Å². The van der Waals surface area contributed by atoms with Crippen molar-refractivity contribution in [1.82, 2.24) is 19.9 Å². The van der Waals surface area contributed by atoms with E-state index in [4.69, 9.17) is 4.74 Å². The summed E-state index contributed by atoms with van der Waals surface area (Å²) in [5.41, 5.74) is 1.82. The molecule has 0 saturated heterocycles. The minimum atomic E-state index is -0.166. The summed E-state index contributed by atoms with van der Waals surface area (Å²) in [6, 6.07) is 8.55. The summed E-state index contributed by atoms with van der Waals surface area (Å²) >= 11 is 0. The van der Waals surface area contributed by atoms with Crippen molar-refractivity contribution < 1.29 is 4.74 Å². The van der Waals surface area contributed by atoms with Crippen LogP contribution in [0, 0.1) is 0 Å². The number of pyridine rings is 2. The molecule has 0 spiro atoms.